The SMILES string of the molecule is CN=C(NCc1cc(C)no1)NC1CC(OC)C1(C)C.I. The van der Waals surface area contributed by atoms with Gasteiger partial charge >= 0.3 is 0 Å². The van der Waals surface area contributed by atoms with Crippen LogP contribution < -0.4 is 10.6 Å². The summed E-state index contributed by atoms with van der Waals surface area (Å²) in [7, 11) is 3.53. The summed E-state index contributed by atoms with van der Waals surface area (Å²) < 4.78 is 10.6. The van der Waals surface area contributed by atoms with E-state index in [1.165, 1.54) is 0 Å². The zero-order chi connectivity index (χ0) is 14.8. The van der Waals surface area contributed by atoms with Gasteiger partial charge in [0.1, 0.15) is 0 Å². The average Bonchev–Trinajstić information content (AvgIpc) is 2.83. The number of nitrogens with one attached hydrogen (secondary N) is 2. The number of aliphatic imine (C=N–C) groups is 1. The molecule has 1 aromatic rings. The van der Waals surface area contributed by atoms with E-state index < -0.39 is 0 Å². The molecule has 0 saturated heterocycles. The van der Waals surface area contributed by atoms with Crippen LogP contribution in [0, 0.1) is 12.3 Å². The molecule has 2 rings (SSSR count). The number of aryl methyl sites for hydroxylation is 1. The highest BCUT2D eigenvalue weighted by atomic mass is 127. The molecule has 0 bridgehead atoms. The van der Waals surface area contributed by atoms with Gasteiger partial charge in [0.2, 0.25) is 0 Å². The fourth-order valence-corrected chi connectivity index (χ4v) is 2.56. The Kier molecular flexibility index (Phi) is 6.45. The van der Waals surface area contributed by atoms with E-state index in [4.69, 9.17) is 9.26 Å². The van der Waals surface area contributed by atoms with Crippen molar-refractivity contribution >= 4 is 29.9 Å². The molecule has 0 radical (unpaired) electrons. The number of guanidine groups is 1. The van der Waals surface area contributed by atoms with Gasteiger partial charge in [0.25, 0.3) is 0 Å². The van der Waals surface area contributed by atoms with Gasteiger partial charge in [0.05, 0.1) is 18.3 Å². The molecule has 0 aliphatic heterocycles. The molecule has 1 fully saturated rings. The van der Waals surface area contributed by atoms with Crippen LogP contribution in [-0.2, 0) is 11.3 Å². The lowest BCUT2D eigenvalue weighted by atomic mass is 9.64. The molecule has 7 heteroatoms. The van der Waals surface area contributed by atoms with Gasteiger partial charge in [-0.2, -0.15) is 0 Å². The van der Waals surface area contributed by atoms with Crippen LogP contribution in [0.15, 0.2) is 15.6 Å². The van der Waals surface area contributed by atoms with Gasteiger partial charge in [-0.3, -0.25) is 4.99 Å². The van der Waals surface area contributed by atoms with Crippen molar-refractivity contribution in [3.8, 4) is 0 Å². The van der Waals surface area contributed by atoms with Crippen LogP contribution in [0.1, 0.15) is 31.7 Å². The quantitative estimate of drug-likeness (QED) is 0.454. The first-order valence-corrected chi connectivity index (χ1v) is 6.89. The summed E-state index contributed by atoms with van der Waals surface area (Å²) in [5.74, 6) is 1.57. The summed E-state index contributed by atoms with van der Waals surface area (Å²) >= 11 is 0. The van der Waals surface area contributed by atoms with Crippen molar-refractivity contribution in [3.63, 3.8) is 0 Å². The van der Waals surface area contributed by atoms with E-state index in [2.05, 4.69) is 34.6 Å². The van der Waals surface area contributed by atoms with Crippen LogP contribution in [-0.4, -0.2) is 37.4 Å². The van der Waals surface area contributed by atoms with Crippen molar-refractivity contribution in [2.45, 2.75) is 45.9 Å². The van der Waals surface area contributed by atoms with E-state index in [9.17, 15) is 0 Å². The van der Waals surface area contributed by atoms with Crippen molar-refractivity contribution in [2.24, 2.45) is 10.4 Å². The molecule has 2 N–H and O–H groups in total. The van der Waals surface area contributed by atoms with Gasteiger partial charge in [0, 0.05) is 31.7 Å². The van der Waals surface area contributed by atoms with Crippen molar-refractivity contribution in [1.82, 2.24) is 15.8 Å². The number of hydrogen-bond donors (Lipinski definition) is 2. The van der Waals surface area contributed by atoms with Crippen molar-refractivity contribution in [1.29, 1.82) is 0 Å². The molecule has 0 amide bonds. The molecular weight excluding hydrogens is 383 g/mol. The lowest BCUT2D eigenvalue weighted by Gasteiger charge is -2.51. The Morgan fingerprint density at radius 2 is 2.29 bits per heavy atom. The first-order valence-electron chi connectivity index (χ1n) is 6.89. The van der Waals surface area contributed by atoms with Crippen molar-refractivity contribution < 1.29 is 9.26 Å². The molecule has 2 unspecified atom stereocenters. The fourth-order valence-electron chi connectivity index (χ4n) is 2.56. The predicted octanol–water partition coefficient (Wildman–Crippen LogP) is 2.08. The van der Waals surface area contributed by atoms with E-state index in [0.29, 0.717) is 18.7 Å². The van der Waals surface area contributed by atoms with Crippen LogP contribution in [0.4, 0.5) is 0 Å². The first-order chi connectivity index (χ1) is 9.47. The second kappa shape index (κ2) is 7.44. The Balaban J connectivity index is 0.00000220. The number of nitrogens with zero attached hydrogens (tertiary/aromatic N) is 2. The molecule has 120 valence electrons. The Morgan fingerprint density at radius 1 is 1.57 bits per heavy atom. The van der Waals surface area contributed by atoms with Crippen LogP contribution >= 0.6 is 24.0 Å². The zero-order valence-corrected chi connectivity index (χ0v) is 15.6. The number of methoxy groups -OCH3 is 1. The Bertz CT molecular complexity index is 487. The lowest BCUT2D eigenvalue weighted by molar-refractivity contribution is -0.0922. The van der Waals surface area contributed by atoms with Gasteiger partial charge in [-0.1, -0.05) is 19.0 Å². The monoisotopic (exact) mass is 408 g/mol. The van der Waals surface area contributed by atoms with E-state index in [-0.39, 0.29) is 29.4 Å². The van der Waals surface area contributed by atoms with Gasteiger partial charge in [-0.05, 0) is 13.3 Å². The molecule has 1 heterocycles. The smallest absolute Gasteiger partial charge is 0.191 e. The number of aromatic nitrogens is 1. The Morgan fingerprint density at radius 3 is 2.76 bits per heavy atom. The van der Waals surface area contributed by atoms with Gasteiger partial charge in [0.15, 0.2) is 11.7 Å². The Labute approximate surface area is 143 Å². The number of rotatable bonds is 4. The van der Waals surface area contributed by atoms with Gasteiger partial charge < -0.3 is 19.9 Å². The van der Waals surface area contributed by atoms with Crippen molar-refractivity contribution in [3.05, 3.63) is 17.5 Å². The van der Waals surface area contributed by atoms with Gasteiger partial charge in [-0.25, -0.2) is 0 Å². The van der Waals surface area contributed by atoms with Crippen LogP contribution in [0.2, 0.25) is 0 Å². The van der Waals surface area contributed by atoms with Crippen LogP contribution in [0.3, 0.4) is 0 Å². The number of halogens is 1. The molecule has 1 aliphatic carbocycles. The molecule has 1 aromatic heterocycles. The zero-order valence-electron chi connectivity index (χ0n) is 13.3. The minimum atomic E-state index is 0. The van der Waals surface area contributed by atoms with Gasteiger partial charge in [-0.15, -0.1) is 24.0 Å². The van der Waals surface area contributed by atoms with E-state index in [1.54, 1.807) is 14.2 Å². The molecule has 2 atom stereocenters. The minimum absolute atomic E-state index is 0. The highest BCUT2D eigenvalue weighted by Gasteiger charge is 2.48. The molecule has 21 heavy (non-hydrogen) atoms. The fraction of sp³-hybridized carbons (Fsp3) is 0.714. The third kappa shape index (κ3) is 4.09. The third-order valence-electron chi connectivity index (χ3n) is 4.10. The third-order valence-corrected chi connectivity index (χ3v) is 4.10. The molecule has 1 aliphatic rings. The first kappa shape index (κ1) is 18.2. The molecule has 0 aromatic carbocycles. The Hall–Kier alpha value is -0.830. The largest absolute Gasteiger partial charge is 0.381 e. The van der Waals surface area contributed by atoms with Crippen LogP contribution in [0.5, 0.6) is 0 Å². The summed E-state index contributed by atoms with van der Waals surface area (Å²) in [4.78, 5) is 4.24. The molecular formula is C14H25IN4O2. The van der Waals surface area contributed by atoms with Crippen LogP contribution in [0.25, 0.3) is 0 Å². The summed E-state index contributed by atoms with van der Waals surface area (Å²) in [5, 5.41) is 10.5. The standard InChI is InChI=1S/C14H24N4O2.HI/c1-9-6-10(20-18-9)8-16-13(15-4)17-11-7-12(19-5)14(11,2)3;/h6,11-12H,7-8H2,1-5H3,(H2,15,16,17);1H. The topological polar surface area (TPSA) is 71.7 Å². The van der Waals surface area contributed by atoms with E-state index in [1.807, 2.05) is 13.0 Å². The highest BCUT2D eigenvalue weighted by molar-refractivity contribution is 14.0. The average molecular weight is 408 g/mol. The summed E-state index contributed by atoms with van der Waals surface area (Å²) in [6.07, 6.45) is 1.29. The predicted molar refractivity (Wildman–Crippen MR) is 93.0 cm³/mol. The van der Waals surface area contributed by atoms with E-state index in [0.717, 1.165) is 23.8 Å². The maximum Gasteiger partial charge on any atom is 0.191 e. The molecule has 1 saturated carbocycles. The highest BCUT2D eigenvalue weighted by Crippen LogP contribution is 2.42. The number of ether oxygens (including phenoxy) is 1. The second-order valence-corrected chi connectivity index (χ2v) is 5.84. The normalized spacial score (nSPS) is 24.0. The summed E-state index contributed by atoms with van der Waals surface area (Å²) in [6, 6.07) is 2.27. The minimum Gasteiger partial charge on any atom is -0.381 e. The maximum atomic E-state index is 5.46. The second-order valence-electron chi connectivity index (χ2n) is 5.84. The van der Waals surface area contributed by atoms with E-state index >= 15 is 0 Å². The maximum absolute atomic E-state index is 5.46. The van der Waals surface area contributed by atoms with Crippen molar-refractivity contribution in [2.75, 3.05) is 14.2 Å². The molecule has 6 nitrogen and oxygen atoms in total. The molecule has 0 spiro atoms. The summed E-state index contributed by atoms with van der Waals surface area (Å²) in [6.45, 7) is 6.88. The summed E-state index contributed by atoms with van der Waals surface area (Å²) in [5.41, 5.74) is 0.989. The number of hydrogen-bond acceptors (Lipinski definition) is 4. The lowest BCUT2D eigenvalue weighted by Crippen LogP contribution is -2.63.